The van der Waals surface area contributed by atoms with Gasteiger partial charge >= 0.3 is 0 Å². The molecule has 4 nitrogen and oxygen atoms in total. The first-order valence-corrected chi connectivity index (χ1v) is 5.16. The SMILES string of the molecule is CCNc1oc(-c2ccccc2F)nc1C#N. The average Bonchev–Trinajstić information content (AvgIpc) is 2.73. The Balaban J connectivity index is 2.48. The number of nitrogens with zero attached hydrogens (tertiary/aromatic N) is 2. The highest BCUT2D eigenvalue weighted by molar-refractivity contribution is 5.59. The fourth-order valence-electron chi connectivity index (χ4n) is 1.43. The summed E-state index contributed by atoms with van der Waals surface area (Å²) in [5.74, 6) is -0.0508. The molecule has 17 heavy (non-hydrogen) atoms. The lowest BCUT2D eigenvalue weighted by Crippen LogP contribution is -1.96. The maximum atomic E-state index is 13.5. The van der Waals surface area contributed by atoms with Gasteiger partial charge in [0.05, 0.1) is 5.56 Å². The van der Waals surface area contributed by atoms with Crippen molar-refractivity contribution in [3.05, 3.63) is 35.8 Å². The molecule has 86 valence electrons. The number of oxazole rings is 1. The number of anilines is 1. The van der Waals surface area contributed by atoms with E-state index in [1.165, 1.54) is 6.07 Å². The molecule has 1 heterocycles. The lowest BCUT2D eigenvalue weighted by molar-refractivity contribution is 0.572. The lowest BCUT2D eigenvalue weighted by Gasteiger charge is -1.97. The molecule has 0 unspecified atom stereocenters. The van der Waals surface area contributed by atoms with E-state index in [0.29, 0.717) is 6.54 Å². The normalized spacial score (nSPS) is 9.94. The van der Waals surface area contributed by atoms with E-state index in [9.17, 15) is 4.39 Å². The molecule has 0 aliphatic heterocycles. The van der Waals surface area contributed by atoms with Crippen LogP contribution in [-0.4, -0.2) is 11.5 Å². The number of benzene rings is 1. The molecule has 0 fully saturated rings. The predicted molar refractivity (Wildman–Crippen MR) is 60.8 cm³/mol. The van der Waals surface area contributed by atoms with Gasteiger partial charge in [-0.05, 0) is 19.1 Å². The second-order valence-electron chi connectivity index (χ2n) is 3.32. The zero-order valence-corrected chi connectivity index (χ0v) is 9.20. The van der Waals surface area contributed by atoms with E-state index in [1.807, 2.05) is 13.0 Å². The highest BCUT2D eigenvalue weighted by Gasteiger charge is 2.15. The predicted octanol–water partition coefficient (Wildman–Crippen LogP) is 2.78. The number of nitriles is 1. The van der Waals surface area contributed by atoms with E-state index in [1.54, 1.807) is 18.2 Å². The zero-order chi connectivity index (χ0) is 12.3. The molecule has 0 saturated heterocycles. The van der Waals surface area contributed by atoms with Gasteiger partial charge in [0.15, 0.2) is 0 Å². The van der Waals surface area contributed by atoms with Gasteiger partial charge in [0, 0.05) is 6.54 Å². The summed E-state index contributed by atoms with van der Waals surface area (Å²) in [5, 5.41) is 11.7. The minimum Gasteiger partial charge on any atom is -0.419 e. The van der Waals surface area contributed by atoms with E-state index >= 15 is 0 Å². The molecule has 2 rings (SSSR count). The van der Waals surface area contributed by atoms with E-state index in [2.05, 4.69) is 10.3 Å². The van der Waals surface area contributed by atoms with Gasteiger partial charge in [-0.1, -0.05) is 12.1 Å². The van der Waals surface area contributed by atoms with Crippen LogP contribution in [0, 0.1) is 17.1 Å². The minimum atomic E-state index is -0.429. The van der Waals surface area contributed by atoms with Crippen LogP contribution in [-0.2, 0) is 0 Å². The van der Waals surface area contributed by atoms with Crippen LogP contribution in [0.1, 0.15) is 12.6 Å². The van der Waals surface area contributed by atoms with Crippen molar-refractivity contribution >= 4 is 5.88 Å². The molecular formula is C12H10FN3O. The van der Waals surface area contributed by atoms with Gasteiger partial charge in [0.1, 0.15) is 11.9 Å². The summed E-state index contributed by atoms with van der Waals surface area (Å²) < 4.78 is 18.8. The van der Waals surface area contributed by atoms with Crippen molar-refractivity contribution in [3.8, 4) is 17.5 Å². The van der Waals surface area contributed by atoms with E-state index in [0.717, 1.165) is 0 Å². The van der Waals surface area contributed by atoms with Crippen molar-refractivity contribution in [3.63, 3.8) is 0 Å². The molecule has 0 saturated carbocycles. The molecule has 1 aromatic heterocycles. The van der Waals surface area contributed by atoms with Gasteiger partial charge in [-0.3, -0.25) is 0 Å². The average molecular weight is 231 g/mol. The number of rotatable bonds is 3. The largest absolute Gasteiger partial charge is 0.419 e. The molecule has 0 radical (unpaired) electrons. The maximum Gasteiger partial charge on any atom is 0.233 e. The summed E-state index contributed by atoms with van der Waals surface area (Å²) in [5.41, 5.74) is 0.373. The van der Waals surface area contributed by atoms with Crippen LogP contribution in [0.15, 0.2) is 28.7 Å². The third kappa shape index (κ3) is 2.11. The van der Waals surface area contributed by atoms with Gasteiger partial charge in [-0.25, -0.2) is 4.39 Å². The molecule has 0 aliphatic carbocycles. The van der Waals surface area contributed by atoms with Gasteiger partial charge in [-0.15, -0.1) is 0 Å². The monoisotopic (exact) mass is 231 g/mol. The standard InChI is InChI=1S/C12H10FN3O/c1-2-15-12-10(7-14)16-11(17-12)8-5-3-4-6-9(8)13/h3-6,15H,2H2,1H3. The Morgan fingerprint density at radius 2 is 2.24 bits per heavy atom. The Bertz CT molecular complexity index is 571. The Hall–Kier alpha value is -2.35. The molecule has 2 aromatic rings. The van der Waals surface area contributed by atoms with Crippen molar-refractivity contribution in [2.24, 2.45) is 0 Å². The van der Waals surface area contributed by atoms with Crippen molar-refractivity contribution in [1.29, 1.82) is 5.26 Å². The fourth-order valence-corrected chi connectivity index (χ4v) is 1.43. The summed E-state index contributed by atoms with van der Waals surface area (Å²) in [7, 11) is 0. The maximum absolute atomic E-state index is 13.5. The number of hydrogen-bond donors (Lipinski definition) is 1. The summed E-state index contributed by atoms with van der Waals surface area (Å²) >= 11 is 0. The number of hydrogen-bond acceptors (Lipinski definition) is 4. The van der Waals surface area contributed by atoms with Gasteiger partial charge < -0.3 is 9.73 Å². The second kappa shape index (κ2) is 4.66. The third-order valence-corrected chi connectivity index (χ3v) is 2.17. The molecular weight excluding hydrogens is 221 g/mol. The molecule has 0 spiro atoms. The van der Waals surface area contributed by atoms with Crippen LogP contribution in [0.4, 0.5) is 10.3 Å². The zero-order valence-electron chi connectivity index (χ0n) is 9.20. The highest BCUT2D eigenvalue weighted by Crippen LogP contribution is 2.26. The lowest BCUT2D eigenvalue weighted by atomic mass is 10.2. The van der Waals surface area contributed by atoms with Gasteiger partial charge in [-0.2, -0.15) is 10.2 Å². The van der Waals surface area contributed by atoms with Crippen molar-refractivity contribution < 1.29 is 8.81 Å². The Labute approximate surface area is 97.7 Å². The van der Waals surface area contributed by atoms with Crippen molar-refractivity contribution in [1.82, 2.24) is 4.98 Å². The first-order chi connectivity index (χ1) is 8.26. The highest BCUT2D eigenvalue weighted by atomic mass is 19.1. The smallest absolute Gasteiger partial charge is 0.233 e. The van der Waals surface area contributed by atoms with Crippen LogP contribution in [0.2, 0.25) is 0 Å². The third-order valence-electron chi connectivity index (χ3n) is 2.17. The molecule has 5 heteroatoms. The van der Waals surface area contributed by atoms with Crippen LogP contribution in [0.5, 0.6) is 0 Å². The van der Waals surface area contributed by atoms with Crippen LogP contribution < -0.4 is 5.32 Å². The molecule has 0 aliphatic rings. The topological polar surface area (TPSA) is 61.9 Å². The number of aromatic nitrogens is 1. The summed E-state index contributed by atoms with van der Waals surface area (Å²) in [6.45, 7) is 2.47. The Morgan fingerprint density at radius 3 is 2.88 bits per heavy atom. The van der Waals surface area contributed by atoms with Crippen molar-refractivity contribution in [2.75, 3.05) is 11.9 Å². The Kier molecular flexibility index (Phi) is 3.06. The molecule has 1 N–H and O–H groups in total. The van der Waals surface area contributed by atoms with Gasteiger partial charge in [0.25, 0.3) is 0 Å². The van der Waals surface area contributed by atoms with Crippen LogP contribution in [0.25, 0.3) is 11.5 Å². The fraction of sp³-hybridized carbons (Fsp3) is 0.167. The number of halogens is 1. The molecule has 0 atom stereocenters. The van der Waals surface area contributed by atoms with Gasteiger partial charge in [0.2, 0.25) is 17.5 Å². The molecule has 1 aromatic carbocycles. The summed E-state index contributed by atoms with van der Waals surface area (Å²) in [6, 6.07) is 8.04. The first-order valence-electron chi connectivity index (χ1n) is 5.16. The minimum absolute atomic E-state index is 0.107. The first kappa shape index (κ1) is 11.1. The second-order valence-corrected chi connectivity index (χ2v) is 3.32. The quantitative estimate of drug-likeness (QED) is 0.882. The van der Waals surface area contributed by atoms with Crippen molar-refractivity contribution in [2.45, 2.75) is 6.92 Å². The number of nitrogens with one attached hydrogen (secondary N) is 1. The Morgan fingerprint density at radius 1 is 1.47 bits per heavy atom. The van der Waals surface area contributed by atoms with E-state index in [4.69, 9.17) is 9.68 Å². The van der Waals surface area contributed by atoms with Crippen LogP contribution >= 0.6 is 0 Å². The van der Waals surface area contributed by atoms with E-state index in [-0.39, 0.29) is 23.0 Å². The molecule has 0 bridgehead atoms. The summed E-state index contributed by atoms with van der Waals surface area (Å²) in [6.07, 6.45) is 0. The van der Waals surface area contributed by atoms with E-state index < -0.39 is 5.82 Å². The molecule has 0 amide bonds. The van der Waals surface area contributed by atoms with Crippen LogP contribution in [0.3, 0.4) is 0 Å². The summed E-state index contributed by atoms with van der Waals surface area (Å²) in [4.78, 5) is 3.95.